The van der Waals surface area contributed by atoms with Gasteiger partial charge in [0.25, 0.3) is 0 Å². The van der Waals surface area contributed by atoms with Gasteiger partial charge >= 0.3 is 0 Å². The fourth-order valence-corrected chi connectivity index (χ4v) is 5.43. The lowest BCUT2D eigenvalue weighted by Crippen LogP contribution is -2.45. The molecule has 1 aromatic carbocycles. The fourth-order valence-electron chi connectivity index (χ4n) is 5.43. The molecule has 164 valence electrons. The summed E-state index contributed by atoms with van der Waals surface area (Å²) in [6, 6.07) is 8.64. The summed E-state index contributed by atoms with van der Waals surface area (Å²) in [5.41, 5.74) is 2.40. The maximum absolute atomic E-state index is 12.4. The van der Waals surface area contributed by atoms with Crippen LogP contribution in [-0.2, 0) is 16.0 Å². The number of para-hydroxylation sites is 1. The van der Waals surface area contributed by atoms with Gasteiger partial charge in [-0.3, -0.25) is 9.59 Å². The minimum absolute atomic E-state index is 0.257. The molecule has 1 N–H and O–H groups in total. The molecule has 3 aliphatic rings. The van der Waals surface area contributed by atoms with Crippen molar-refractivity contribution in [2.75, 3.05) is 31.1 Å². The number of likely N-dealkylation sites (tertiary alicyclic amines) is 1. The van der Waals surface area contributed by atoms with Gasteiger partial charge in [0.05, 0.1) is 0 Å². The van der Waals surface area contributed by atoms with E-state index in [0.29, 0.717) is 18.4 Å². The van der Waals surface area contributed by atoms with Gasteiger partial charge in [0.2, 0.25) is 11.8 Å². The minimum Gasteiger partial charge on any atom is -0.353 e. The molecule has 0 atom stereocenters. The van der Waals surface area contributed by atoms with Crippen LogP contribution in [0, 0.1) is 5.92 Å². The molecule has 2 aliphatic heterocycles. The Hall–Kier alpha value is -1.88. The van der Waals surface area contributed by atoms with Crippen molar-refractivity contribution in [1.29, 1.82) is 0 Å². The van der Waals surface area contributed by atoms with Crippen LogP contribution in [0.3, 0.4) is 0 Å². The number of aryl methyl sites for hydroxylation is 1. The summed E-state index contributed by atoms with van der Waals surface area (Å²) in [6.45, 7) is 3.90. The van der Waals surface area contributed by atoms with Crippen LogP contribution in [0.15, 0.2) is 24.3 Å². The Morgan fingerprint density at radius 1 is 0.967 bits per heavy atom. The molecule has 0 aromatic heterocycles. The van der Waals surface area contributed by atoms with E-state index in [1.54, 1.807) is 0 Å². The van der Waals surface area contributed by atoms with E-state index in [4.69, 9.17) is 0 Å². The number of hydrogen-bond acceptors (Lipinski definition) is 3. The molecule has 2 amide bonds. The average molecular weight is 412 g/mol. The monoisotopic (exact) mass is 411 g/mol. The van der Waals surface area contributed by atoms with Crippen LogP contribution in [0.2, 0.25) is 0 Å². The molecule has 1 saturated carbocycles. The number of carbonyl (C=O) groups excluding carboxylic acids is 2. The number of benzene rings is 1. The number of fused-ring (bicyclic) bond motifs is 1. The van der Waals surface area contributed by atoms with E-state index >= 15 is 0 Å². The van der Waals surface area contributed by atoms with Crippen molar-refractivity contribution in [2.24, 2.45) is 5.92 Å². The van der Waals surface area contributed by atoms with E-state index in [0.717, 1.165) is 64.0 Å². The second-order valence-electron chi connectivity index (χ2n) is 9.42. The Morgan fingerprint density at radius 3 is 2.53 bits per heavy atom. The van der Waals surface area contributed by atoms with Crippen molar-refractivity contribution < 1.29 is 9.59 Å². The molecule has 1 aromatic rings. The van der Waals surface area contributed by atoms with Crippen molar-refractivity contribution in [1.82, 2.24) is 10.2 Å². The van der Waals surface area contributed by atoms with Gasteiger partial charge in [-0.2, -0.15) is 0 Å². The normalized spacial score (nSPS) is 21.5. The van der Waals surface area contributed by atoms with Crippen molar-refractivity contribution in [3.8, 4) is 0 Å². The number of rotatable bonds is 7. The average Bonchev–Trinajstić information content (AvgIpc) is 2.77. The van der Waals surface area contributed by atoms with Gasteiger partial charge in [0.15, 0.2) is 0 Å². The molecule has 30 heavy (non-hydrogen) atoms. The smallest absolute Gasteiger partial charge is 0.227 e. The van der Waals surface area contributed by atoms with Gasteiger partial charge in [-0.05, 0) is 62.6 Å². The molecule has 0 unspecified atom stereocenters. The molecule has 0 bridgehead atoms. The second kappa shape index (κ2) is 10.4. The highest BCUT2D eigenvalue weighted by atomic mass is 16.2. The van der Waals surface area contributed by atoms with Gasteiger partial charge in [-0.15, -0.1) is 0 Å². The zero-order valence-corrected chi connectivity index (χ0v) is 18.3. The van der Waals surface area contributed by atoms with E-state index in [2.05, 4.69) is 28.4 Å². The lowest BCUT2D eigenvalue weighted by atomic mass is 9.86. The van der Waals surface area contributed by atoms with Gasteiger partial charge in [-0.1, -0.05) is 37.5 Å². The van der Waals surface area contributed by atoms with Crippen LogP contribution in [0.5, 0.6) is 0 Å². The number of hydrogen-bond donors (Lipinski definition) is 1. The molecule has 0 spiro atoms. The van der Waals surface area contributed by atoms with Crippen LogP contribution in [0.4, 0.5) is 5.69 Å². The number of anilines is 1. The summed E-state index contributed by atoms with van der Waals surface area (Å²) < 4.78 is 0. The Morgan fingerprint density at radius 2 is 1.73 bits per heavy atom. The van der Waals surface area contributed by atoms with E-state index in [-0.39, 0.29) is 11.8 Å². The quantitative estimate of drug-likeness (QED) is 0.740. The molecular weight excluding hydrogens is 374 g/mol. The third kappa shape index (κ3) is 5.63. The Balaban J connectivity index is 1.15. The van der Waals surface area contributed by atoms with Crippen molar-refractivity contribution in [2.45, 2.75) is 76.7 Å². The summed E-state index contributed by atoms with van der Waals surface area (Å²) in [4.78, 5) is 29.3. The third-order valence-electron chi connectivity index (χ3n) is 7.20. The number of nitrogens with zero attached hydrogens (tertiary/aromatic N) is 2. The Bertz CT molecular complexity index is 721. The Kier molecular flexibility index (Phi) is 7.42. The van der Waals surface area contributed by atoms with E-state index < -0.39 is 0 Å². The first-order valence-electron chi connectivity index (χ1n) is 12.1. The van der Waals surface area contributed by atoms with Crippen LogP contribution in [0.1, 0.15) is 69.8 Å². The maximum atomic E-state index is 12.4. The topological polar surface area (TPSA) is 52.7 Å². The summed E-state index contributed by atoms with van der Waals surface area (Å²) in [7, 11) is 0. The molecule has 1 aliphatic carbocycles. The molecule has 0 radical (unpaired) electrons. The van der Waals surface area contributed by atoms with E-state index in [1.165, 1.54) is 37.7 Å². The van der Waals surface area contributed by atoms with Crippen LogP contribution in [-0.4, -0.2) is 48.9 Å². The van der Waals surface area contributed by atoms with E-state index in [1.807, 2.05) is 11.0 Å². The second-order valence-corrected chi connectivity index (χ2v) is 9.42. The Labute approximate surface area is 181 Å². The van der Waals surface area contributed by atoms with Crippen LogP contribution in [0.25, 0.3) is 0 Å². The first-order valence-corrected chi connectivity index (χ1v) is 12.1. The van der Waals surface area contributed by atoms with Gasteiger partial charge < -0.3 is 15.1 Å². The number of carbonyl (C=O) groups is 2. The molecule has 2 heterocycles. The summed E-state index contributed by atoms with van der Waals surface area (Å²) in [6.07, 6.45) is 11.7. The SMILES string of the molecule is O=C(CC1CCCCC1)NC1CCN(CCCN2C(=O)CCc3ccccc32)CC1. The van der Waals surface area contributed by atoms with Gasteiger partial charge in [-0.25, -0.2) is 0 Å². The zero-order valence-electron chi connectivity index (χ0n) is 18.3. The van der Waals surface area contributed by atoms with Gasteiger partial charge in [0.1, 0.15) is 0 Å². The van der Waals surface area contributed by atoms with Crippen molar-refractivity contribution in [3.05, 3.63) is 29.8 Å². The van der Waals surface area contributed by atoms with E-state index in [9.17, 15) is 9.59 Å². The summed E-state index contributed by atoms with van der Waals surface area (Å²) >= 11 is 0. The van der Waals surface area contributed by atoms with Crippen LogP contribution < -0.4 is 10.2 Å². The first-order chi connectivity index (χ1) is 14.7. The highest BCUT2D eigenvalue weighted by Crippen LogP contribution is 2.28. The first kappa shape index (κ1) is 21.4. The number of piperidine rings is 1. The molecule has 5 nitrogen and oxygen atoms in total. The summed E-state index contributed by atoms with van der Waals surface area (Å²) in [5, 5.41) is 3.29. The highest BCUT2D eigenvalue weighted by Gasteiger charge is 2.25. The summed E-state index contributed by atoms with van der Waals surface area (Å²) in [5.74, 6) is 1.14. The van der Waals surface area contributed by atoms with Crippen molar-refractivity contribution >= 4 is 17.5 Å². The molecule has 2 fully saturated rings. The molecule has 1 saturated heterocycles. The zero-order chi connectivity index (χ0) is 20.8. The largest absolute Gasteiger partial charge is 0.353 e. The predicted octanol–water partition coefficient (Wildman–Crippen LogP) is 3.91. The molecule has 5 heteroatoms. The molecular formula is C25H37N3O2. The number of amides is 2. The van der Waals surface area contributed by atoms with Crippen molar-refractivity contribution in [3.63, 3.8) is 0 Å². The predicted molar refractivity (Wildman–Crippen MR) is 121 cm³/mol. The highest BCUT2D eigenvalue weighted by molar-refractivity contribution is 5.96. The lowest BCUT2D eigenvalue weighted by Gasteiger charge is -2.34. The third-order valence-corrected chi connectivity index (χ3v) is 7.20. The maximum Gasteiger partial charge on any atom is 0.227 e. The molecule has 4 rings (SSSR count). The van der Waals surface area contributed by atoms with Crippen LogP contribution >= 0.6 is 0 Å². The van der Waals surface area contributed by atoms with Gasteiger partial charge in [0, 0.05) is 44.2 Å². The number of nitrogens with one attached hydrogen (secondary N) is 1. The fraction of sp³-hybridized carbons (Fsp3) is 0.680. The minimum atomic E-state index is 0.257. The lowest BCUT2D eigenvalue weighted by molar-refractivity contribution is -0.123. The standard InChI is InChI=1S/C25H37N3O2/c29-24(19-20-7-2-1-3-8-20)26-22-13-17-27(18-14-22)15-6-16-28-23-10-5-4-9-21(23)11-12-25(28)30/h4-5,9-10,20,22H,1-3,6-8,11-19H2,(H,26,29).